The predicted molar refractivity (Wildman–Crippen MR) is 117 cm³/mol. The molecular weight excluding hydrogens is 378 g/mol. The van der Waals surface area contributed by atoms with Crippen molar-refractivity contribution in [1.82, 2.24) is 9.55 Å². The number of carbonyl (C=O) groups excluding carboxylic acids is 1. The second-order valence-corrected chi connectivity index (χ2v) is 6.86. The van der Waals surface area contributed by atoms with E-state index in [9.17, 15) is 9.59 Å². The van der Waals surface area contributed by atoms with Crippen LogP contribution in [0, 0.1) is 0 Å². The SMILES string of the molecule is COc1ccccc1-n1c(/C=C2/C(=O)Nc3ccccc32)nc2ccccc2c1=O. The molecule has 1 aliphatic rings. The van der Waals surface area contributed by atoms with Gasteiger partial charge in [0.25, 0.3) is 11.5 Å². The maximum atomic E-state index is 13.5. The Bertz CT molecular complexity index is 1400. The summed E-state index contributed by atoms with van der Waals surface area (Å²) >= 11 is 0. The highest BCUT2D eigenvalue weighted by atomic mass is 16.5. The van der Waals surface area contributed by atoms with E-state index in [4.69, 9.17) is 9.72 Å². The molecule has 3 aromatic carbocycles. The Kier molecular flexibility index (Phi) is 4.17. The molecule has 0 aliphatic carbocycles. The van der Waals surface area contributed by atoms with Crippen LogP contribution in [-0.2, 0) is 4.79 Å². The second-order valence-electron chi connectivity index (χ2n) is 6.86. The molecule has 0 saturated carbocycles. The molecular formula is C24H17N3O3. The van der Waals surface area contributed by atoms with E-state index < -0.39 is 0 Å². The molecule has 0 radical (unpaired) electrons. The summed E-state index contributed by atoms with van der Waals surface area (Å²) in [6.07, 6.45) is 1.65. The molecule has 146 valence electrons. The van der Waals surface area contributed by atoms with E-state index in [2.05, 4.69) is 5.32 Å². The smallest absolute Gasteiger partial charge is 0.266 e. The highest BCUT2D eigenvalue weighted by Crippen LogP contribution is 2.33. The van der Waals surface area contributed by atoms with Crippen molar-refractivity contribution in [2.24, 2.45) is 0 Å². The van der Waals surface area contributed by atoms with Gasteiger partial charge in [-0.3, -0.25) is 14.2 Å². The molecule has 0 fully saturated rings. The summed E-state index contributed by atoms with van der Waals surface area (Å²) in [6.45, 7) is 0. The van der Waals surface area contributed by atoms with Gasteiger partial charge in [0.15, 0.2) is 0 Å². The number of anilines is 1. The van der Waals surface area contributed by atoms with E-state index in [1.807, 2.05) is 42.5 Å². The van der Waals surface area contributed by atoms with Gasteiger partial charge >= 0.3 is 0 Å². The number of aromatic nitrogens is 2. The minimum atomic E-state index is -0.233. The van der Waals surface area contributed by atoms with Crippen LogP contribution < -0.4 is 15.6 Å². The van der Waals surface area contributed by atoms with Crippen molar-refractivity contribution in [1.29, 1.82) is 0 Å². The van der Waals surface area contributed by atoms with Crippen molar-refractivity contribution in [2.75, 3.05) is 12.4 Å². The van der Waals surface area contributed by atoms with Gasteiger partial charge in [0.05, 0.1) is 29.3 Å². The Morgan fingerprint density at radius 2 is 1.67 bits per heavy atom. The number of nitrogens with zero attached hydrogens (tertiary/aromatic N) is 2. The number of rotatable bonds is 3. The molecule has 4 aromatic rings. The lowest BCUT2D eigenvalue weighted by atomic mass is 10.1. The summed E-state index contributed by atoms with van der Waals surface area (Å²) in [5.41, 5.74) is 2.85. The van der Waals surface area contributed by atoms with Gasteiger partial charge in [-0.2, -0.15) is 0 Å². The summed E-state index contributed by atoms with van der Waals surface area (Å²) in [4.78, 5) is 30.8. The quantitative estimate of drug-likeness (QED) is 0.534. The molecule has 30 heavy (non-hydrogen) atoms. The molecule has 1 N–H and O–H groups in total. The van der Waals surface area contributed by atoms with Crippen LogP contribution in [0.15, 0.2) is 77.6 Å². The first-order valence-corrected chi connectivity index (χ1v) is 9.45. The van der Waals surface area contributed by atoms with E-state index in [1.165, 1.54) is 4.57 Å². The van der Waals surface area contributed by atoms with Gasteiger partial charge in [-0.25, -0.2) is 4.98 Å². The Labute approximate surface area is 172 Å². The lowest BCUT2D eigenvalue weighted by Gasteiger charge is -2.14. The molecule has 6 heteroatoms. The zero-order chi connectivity index (χ0) is 20.7. The topological polar surface area (TPSA) is 73.2 Å². The first kappa shape index (κ1) is 17.9. The summed E-state index contributed by atoms with van der Waals surface area (Å²) < 4.78 is 6.97. The molecule has 0 spiro atoms. The monoisotopic (exact) mass is 395 g/mol. The van der Waals surface area contributed by atoms with Crippen LogP contribution in [0.4, 0.5) is 5.69 Å². The minimum absolute atomic E-state index is 0.231. The zero-order valence-electron chi connectivity index (χ0n) is 16.1. The average Bonchev–Trinajstić information content (AvgIpc) is 3.09. The van der Waals surface area contributed by atoms with E-state index in [0.29, 0.717) is 33.7 Å². The molecule has 2 heterocycles. The third-order valence-corrected chi connectivity index (χ3v) is 5.11. The third-order valence-electron chi connectivity index (χ3n) is 5.11. The van der Waals surface area contributed by atoms with Crippen LogP contribution in [0.2, 0.25) is 0 Å². The first-order chi connectivity index (χ1) is 14.7. The number of amides is 1. The van der Waals surface area contributed by atoms with Crippen molar-refractivity contribution in [2.45, 2.75) is 0 Å². The van der Waals surface area contributed by atoms with Crippen LogP contribution in [0.5, 0.6) is 5.75 Å². The standard InChI is InChI=1S/C24H17N3O3/c1-30-21-13-7-6-12-20(21)27-22(25-19-11-5-3-9-16(19)24(27)29)14-17-15-8-2-4-10-18(15)26-23(17)28/h2-14H,1H3,(H,26,28)/b17-14+. The summed E-state index contributed by atoms with van der Waals surface area (Å²) in [5.74, 6) is 0.655. The first-order valence-electron chi connectivity index (χ1n) is 9.45. The number of nitrogens with one attached hydrogen (secondary N) is 1. The fraction of sp³-hybridized carbons (Fsp3) is 0.0417. The fourth-order valence-electron chi connectivity index (χ4n) is 3.71. The van der Waals surface area contributed by atoms with Gasteiger partial charge in [0.1, 0.15) is 11.6 Å². The number of hydrogen-bond donors (Lipinski definition) is 1. The number of ether oxygens (including phenoxy) is 1. The molecule has 0 saturated heterocycles. The minimum Gasteiger partial charge on any atom is -0.495 e. The fourth-order valence-corrected chi connectivity index (χ4v) is 3.71. The molecule has 0 bridgehead atoms. The maximum Gasteiger partial charge on any atom is 0.266 e. The number of carbonyl (C=O) groups is 1. The van der Waals surface area contributed by atoms with Crippen molar-refractivity contribution in [3.63, 3.8) is 0 Å². The molecule has 0 atom stereocenters. The predicted octanol–water partition coefficient (Wildman–Crippen LogP) is 3.89. The van der Waals surface area contributed by atoms with Gasteiger partial charge in [-0.05, 0) is 36.4 Å². The Morgan fingerprint density at radius 3 is 2.53 bits per heavy atom. The molecule has 0 unspecified atom stereocenters. The van der Waals surface area contributed by atoms with Crippen LogP contribution >= 0.6 is 0 Å². The summed E-state index contributed by atoms with van der Waals surface area (Å²) in [6, 6.07) is 21.8. The number of fused-ring (bicyclic) bond motifs is 2. The molecule has 1 aliphatic heterocycles. The zero-order valence-corrected chi connectivity index (χ0v) is 16.1. The van der Waals surface area contributed by atoms with Crippen LogP contribution in [-0.4, -0.2) is 22.6 Å². The Hall–Kier alpha value is -4.19. The number of benzene rings is 3. The normalized spacial score (nSPS) is 14.0. The largest absolute Gasteiger partial charge is 0.495 e. The van der Waals surface area contributed by atoms with E-state index in [1.54, 1.807) is 43.5 Å². The van der Waals surface area contributed by atoms with E-state index in [0.717, 1.165) is 11.3 Å². The molecule has 1 amide bonds. The van der Waals surface area contributed by atoms with E-state index in [-0.39, 0.29) is 11.5 Å². The molecule has 1 aromatic heterocycles. The van der Waals surface area contributed by atoms with Crippen LogP contribution in [0.1, 0.15) is 11.4 Å². The van der Waals surface area contributed by atoms with Crippen molar-refractivity contribution in [3.8, 4) is 11.4 Å². The van der Waals surface area contributed by atoms with Gasteiger partial charge in [0, 0.05) is 11.3 Å². The maximum absolute atomic E-state index is 13.5. The number of hydrogen-bond acceptors (Lipinski definition) is 4. The number of para-hydroxylation sites is 4. The summed E-state index contributed by atoms with van der Waals surface area (Å²) in [7, 11) is 1.55. The molecule has 5 rings (SSSR count). The average molecular weight is 395 g/mol. The van der Waals surface area contributed by atoms with Crippen molar-refractivity contribution >= 4 is 34.1 Å². The Morgan fingerprint density at radius 1 is 0.933 bits per heavy atom. The molecule has 6 nitrogen and oxygen atoms in total. The van der Waals surface area contributed by atoms with Gasteiger partial charge in [-0.1, -0.05) is 42.5 Å². The lowest BCUT2D eigenvalue weighted by Crippen LogP contribution is -2.23. The lowest BCUT2D eigenvalue weighted by molar-refractivity contribution is -0.110. The van der Waals surface area contributed by atoms with Crippen LogP contribution in [0.25, 0.3) is 28.2 Å². The second kappa shape index (κ2) is 7.00. The highest BCUT2D eigenvalue weighted by Gasteiger charge is 2.25. The van der Waals surface area contributed by atoms with Gasteiger partial charge in [-0.15, -0.1) is 0 Å². The van der Waals surface area contributed by atoms with Crippen molar-refractivity contribution < 1.29 is 9.53 Å². The van der Waals surface area contributed by atoms with Gasteiger partial charge < -0.3 is 10.1 Å². The number of methoxy groups -OCH3 is 1. The third kappa shape index (κ3) is 2.78. The van der Waals surface area contributed by atoms with Gasteiger partial charge in [0.2, 0.25) is 0 Å². The van der Waals surface area contributed by atoms with E-state index >= 15 is 0 Å². The Balaban J connectivity index is 1.85. The summed E-state index contributed by atoms with van der Waals surface area (Å²) in [5, 5.41) is 3.34. The highest BCUT2D eigenvalue weighted by molar-refractivity contribution is 6.34. The van der Waals surface area contributed by atoms with Crippen LogP contribution in [0.3, 0.4) is 0 Å². The van der Waals surface area contributed by atoms with Crippen molar-refractivity contribution in [3.05, 3.63) is 94.5 Å².